The van der Waals surface area contributed by atoms with Crippen LogP contribution in [0.4, 0.5) is 4.79 Å². The van der Waals surface area contributed by atoms with E-state index in [0.717, 1.165) is 4.90 Å². The number of carbonyl (C=O) groups is 4. The summed E-state index contributed by atoms with van der Waals surface area (Å²) in [6.07, 6.45) is 0.262. The Morgan fingerprint density at radius 2 is 2.20 bits per heavy atom. The maximum absolute atomic E-state index is 12.5. The molecule has 14 heteroatoms. The van der Waals surface area contributed by atoms with E-state index >= 15 is 0 Å². The van der Waals surface area contributed by atoms with E-state index < -0.39 is 41.0 Å². The molecule has 3 N–H and O–H groups in total. The van der Waals surface area contributed by atoms with E-state index in [4.69, 9.17) is 10.2 Å². The molecule has 0 bridgehead atoms. The fourth-order valence-corrected chi connectivity index (χ4v) is 4.18. The van der Waals surface area contributed by atoms with Crippen molar-refractivity contribution in [2.24, 2.45) is 10.9 Å². The second-order valence-electron chi connectivity index (χ2n) is 5.81. The minimum Gasteiger partial charge on any atom is -0.543 e. The summed E-state index contributed by atoms with van der Waals surface area (Å²) >= 11 is 1.18. The monoisotopic (exact) mass is 446 g/mol. The van der Waals surface area contributed by atoms with Gasteiger partial charge < -0.3 is 34.9 Å². The summed E-state index contributed by atoms with van der Waals surface area (Å²) in [5.74, 6) is -2.74. The largest absolute Gasteiger partial charge is 1.00 e. The van der Waals surface area contributed by atoms with E-state index in [2.05, 4.69) is 20.0 Å². The van der Waals surface area contributed by atoms with Crippen molar-refractivity contribution in [1.29, 1.82) is 0 Å². The molecule has 30 heavy (non-hydrogen) atoms. The van der Waals surface area contributed by atoms with Gasteiger partial charge in [0.2, 0.25) is 5.71 Å². The van der Waals surface area contributed by atoms with Gasteiger partial charge in [-0.25, -0.2) is 4.79 Å². The van der Waals surface area contributed by atoms with Crippen LogP contribution in [0, 0.1) is 0 Å². The molecule has 3 amide bonds. The van der Waals surface area contributed by atoms with Crippen molar-refractivity contribution in [2.75, 3.05) is 19.5 Å². The molecule has 154 valence electrons. The van der Waals surface area contributed by atoms with Gasteiger partial charge in [0.05, 0.1) is 17.9 Å². The molecular formula is C16H15N4NaO8S. The number of fused-ring (bicyclic) bond motifs is 1. The maximum Gasteiger partial charge on any atom is 1.00 e. The van der Waals surface area contributed by atoms with Crippen LogP contribution in [0.3, 0.4) is 0 Å². The number of furan rings is 1. The normalized spacial score (nSPS) is 20.5. The van der Waals surface area contributed by atoms with Crippen LogP contribution in [0.1, 0.15) is 5.76 Å². The number of hydrogen-bond acceptors (Lipinski definition) is 10. The Balaban J connectivity index is 0.00000320. The van der Waals surface area contributed by atoms with Crippen LogP contribution in [0.2, 0.25) is 0 Å². The van der Waals surface area contributed by atoms with Crippen molar-refractivity contribution in [2.45, 2.75) is 11.4 Å². The van der Waals surface area contributed by atoms with E-state index in [-0.39, 0.29) is 59.0 Å². The van der Waals surface area contributed by atoms with Crippen LogP contribution in [0.5, 0.6) is 0 Å². The number of hydrogen-bond donors (Lipinski definition) is 2. The molecule has 1 aromatic heterocycles. The first-order valence-corrected chi connectivity index (χ1v) is 9.16. The van der Waals surface area contributed by atoms with Crippen LogP contribution >= 0.6 is 11.8 Å². The van der Waals surface area contributed by atoms with Gasteiger partial charge in [0.15, 0.2) is 5.76 Å². The summed E-state index contributed by atoms with van der Waals surface area (Å²) in [5.41, 5.74) is 4.48. The van der Waals surface area contributed by atoms with Crippen molar-refractivity contribution in [1.82, 2.24) is 10.2 Å². The molecule has 2 aliphatic rings. The number of β-lactam (4-membered cyclic amide) rings is 1. The molecule has 1 fully saturated rings. The molecule has 0 saturated carbocycles. The van der Waals surface area contributed by atoms with E-state index in [0.29, 0.717) is 0 Å². The van der Waals surface area contributed by atoms with Gasteiger partial charge in [-0.15, -0.1) is 11.8 Å². The van der Waals surface area contributed by atoms with Crippen LogP contribution in [0.15, 0.2) is 39.2 Å². The van der Waals surface area contributed by atoms with Crippen molar-refractivity contribution in [3.05, 3.63) is 35.4 Å². The Kier molecular flexibility index (Phi) is 7.95. The summed E-state index contributed by atoms with van der Waals surface area (Å²) in [6.45, 7) is -0.387. The smallest absolute Gasteiger partial charge is 0.543 e. The summed E-state index contributed by atoms with van der Waals surface area (Å²) in [5, 5.41) is 17.0. The third-order valence-electron chi connectivity index (χ3n) is 4.07. The number of carboxylic acids is 1. The average Bonchev–Trinajstić information content (AvgIpc) is 3.21. The van der Waals surface area contributed by atoms with Crippen molar-refractivity contribution >= 4 is 41.4 Å². The Morgan fingerprint density at radius 3 is 2.77 bits per heavy atom. The Bertz CT molecular complexity index is 916. The van der Waals surface area contributed by atoms with E-state index in [1.165, 1.54) is 31.2 Å². The third-order valence-corrected chi connectivity index (χ3v) is 5.41. The first-order chi connectivity index (χ1) is 13.8. The molecule has 0 spiro atoms. The molecule has 3 heterocycles. The minimum atomic E-state index is -1.60. The number of nitrogens with one attached hydrogen (secondary N) is 1. The molecular weight excluding hydrogens is 431 g/mol. The topological polar surface area (TPSA) is 177 Å². The molecule has 0 aliphatic carbocycles. The minimum absolute atomic E-state index is 0. The quantitative estimate of drug-likeness (QED) is 0.180. The molecule has 1 saturated heterocycles. The average molecular weight is 446 g/mol. The summed E-state index contributed by atoms with van der Waals surface area (Å²) in [7, 11) is 1.25. The van der Waals surface area contributed by atoms with Gasteiger partial charge in [-0.3, -0.25) is 14.5 Å². The number of nitrogens with two attached hydrogens (primary N) is 1. The zero-order valence-corrected chi connectivity index (χ0v) is 18.8. The van der Waals surface area contributed by atoms with Gasteiger partial charge in [0, 0.05) is 11.3 Å². The van der Waals surface area contributed by atoms with E-state index in [1.54, 1.807) is 6.07 Å². The van der Waals surface area contributed by atoms with Gasteiger partial charge in [-0.1, -0.05) is 5.16 Å². The first kappa shape index (κ1) is 23.8. The SMILES string of the molecule is CO/N=C(\C(=O)N[C@@H]1C(=O)N2C(C(=O)[O-])=C(COC(N)=O)CS[C@H]12)c1ccco1.[Na+]. The number of carbonyl (C=O) groups excluding carboxylic acids is 4. The Labute approximate surface area is 196 Å². The molecule has 0 aromatic carbocycles. The van der Waals surface area contributed by atoms with Crippen LogP contribution in [-0.4, -0.2) is 65.4 Å². The van der Waals surface area contributed by atoms with Gasteiger partial charge >= 0.3 is 35.7 Å². The van der Waals surface area contributed by atoms with Crippen LogP contribution < -0.4 is 45.7 Å². The number of thioether (sulfide) groups is 1. The van der Waals surface area contributed by atoms with E-state index in [1.807, 2.05) is 0 Å². The Morgan fingerprint density at radius 1 is 1.47 bits per heavy atom. The second-order valence-corrected chi connectivity index (χ2v) is 6.91. The number of carboxylic acid groups (broad SMARTS) is 1. The first-order valence-electron chi connectivity index (χ1n) is 8.11. The number of primary amides is 1. The Hall–Kier alpha value is -2.48. The predicted octanol–water partition coefficient (Wildman–Crippen LogP) is -4.87. The van der Waals surface area contributed by atoms with Crippen LogP contribution in [0.25, 0.3) is 0 Å². The zero-order chi connectivity index (χ0) is 21.1. The fraction of sp³-hybridized carbons (Fsp3) is 0.312. The number of ether oxygens (including phenoxy) is 1. The van der Waals surface area contributed by atoms with Gasteiger partial charge in [-0.2, -0.15) is 0 Å². The molecule has 2 aliphatic heterocycles. The molecule has 12 nitrogen and oxygen atoms in total. The molecule has 1 aromatic rings. The fourth-order valence-electron chi connectivity index (χ4n) is 2.85. The van der Waals surface area contributed by atoms with Gasteiger partial charge in [0.1, 0.15) is 25.1 Å². The second kappa shape index (κ2) is 10.0. The molecule has 0 radical (unpaired) electrons. The predicted molar refractivity (Wildman–Crippen MR) is 94.8 cm³/mol. The van der Waals surface area contributed by atoms with Crippen molar-refractivity contribution < 1.29 is 67.8 Å². The standard InChI is InChI=1S/C16H16N4O8S.Na/c1-26-19-9(8-3-2-4-27-8)12(21)18-10-13(22)20-11(15(23)24)7(5-28-16(17)25)6-29-14(10)20;/h2-4,10,14H,5-6H2,1H3,(H2,17,25)(H,18,21)(H,23,24);/q;+1/p-1/b19-9-;/t10-,14-;/m1./s1. The molecule has 2 atom stereocenters. The number of oxime groups is 1. The molecule has 0 unspecified atom stereocenters. The number of aliphatic carboxylic acids is 1. The van der Waals surface area contributed by atoms with E-state index in [9.17, 15) is 24.3 Å². The number of nitrogens with zero attached hydrogens (tertiary/aromatic N) is 2. The third kappa shape index (κ3) is 4.64. The number of amides is 3. The van der Waals surface area contributed by atoms with Crippen LogP contribution in [-0.2, 0) is 24.0 Å². The molecule has 3 rings (SSSR count). The summed E-state index contributed by atoms with van der Waals surface area (Å²) < 4.78 is 9.75. The van der Waals surface area contributed by atoms with Gasteiger partial charge in [-0.05, 0) is 12.1 Å². The number of rotatable bonds is 7. The maximum atomic E-state index is 12.5. The van der Waals surface area contributed by atoms with Gasteiger partial charge in [0.25, 0.3) is 11.8 Å². The summed E-state index contributed by atoms with van der Waals surface area (Å²) in [6, 6.07) is 2.04. The van der Waals surface area contributed by atoms with Crippen molar-refractivity contribution in [3.8, 4) is 0 Å². The summed E-state index contributed by atoms with van der Waals surface area (Å²) in [4.78, 5) is 53.0. The zero-order valence-electron chi connectivity index (χ0n) is 15.9. The van der Waals surface area contributed by atoms with Crippen molar-refractivity contribution in [3.63, 3.8) is 0 Å².